The molecule has 0 unspecified atom stereocenters. The molecule has 1 aliphatic rings. The number of benzene rings is 5. The van der Waals surface area contributed by atoms with E-state index in [1.54, 1.807) is 10.4 Å². The van der Waals surface area contributed by atoms with E-state index in [0.717, 1.165) is 0 Å². The molecular weight excluding hydrogens is 629 g/mol. The summed E-state index contributed by atoms with van der Waals surface area (Å²) in [5, 5.41) is 9.85. The SMILES string of the molecule is C[Si]1(C)c2ccccc2-c2c1c1ccc3c4c5c(cccc5n3I)c3c(c5ccccc5n3-c3ccccc3)n2c14. The van der Waals surface area contributed by atoms with E-state index in [0.29, 0.717) is 0 Å². The van der Waals surface area contributed by atoms with Crippen LogP contribution in [0, 0.1) is 0 Å². The Balaban J connectivity index is 1.65. The van der Waals surface area contributed by atoms with Gasteiger partial charge in [0.2, 0.25) is 0 Å². The molecule has 41 heavy (non-hydrogen) atoms. The maximum Gasteiger partial charge on any atom is 0.116 e. The number of nitrogens with zero attached hydrogens (tertiary/aromatic N) is 3. The highest BCUT2D eigenvalue weighted by atomic mass is 127. The van der Waals surface area contributed by atoms with E-state index in [1.807, 2.05) is 0 Å². The van der Waals surface area contributed by atoms with Gasteiger partial charge in [-0.25, -0.2) is 0 Å². The molecule has 0 spiro atoms. The van der Waals surface area contributed by atoms with Gasteiger partial charge in [0.15, 0.2) is 0 Å². The van der Waals surface area contributed by atoms with Gasteiger partial charge in [0.05, 0.1) is 61.7 Å². The second-order valence-corrected chi connectivity index (χ2v) is 17.2. The van der Waals surface area contributed by atoms with Crippen molar-refractivity contribution in [3.8, 4) is 16.9 Å². The topological polar surface area (TPSA) is 14.3 Å². The van der Waals surface area contributed by atoms with Gasteiger partial charge in [0.25, 0.3) is 0 Å². The van der Waals surface area contributed by atoms with Crippen molar-refractivity contribution in [2.75, 3.05) is 0 Å². The average molecular weight is 654 g/mol. The minimum absolute atomic E-state index is 1.19. The number of para-hydroxylation sites is 2. The standard InChI is InChI=1S/C36H24IN3Si/c1-41(2)29-18-9-7-14-23(29)35-36(41)25-19-20-28-31-30-24(15-10-17-27(30)40(28)37)34-33(39(35)32(25)31)22-13-6-8-16-26(22)38(34)21-11-4-3-5-12-21/h3-20H,1-2H3. The third-order valence-electron chi connectivity index (χ3n) is 9.65. The molecule has 0 saturated carbocycles. The first-order chi connectivity index (χ1) is 20.1. The van der Waals surface area contributed by atoms with E-state index in [1.165, 1.54) is 77.0 Å². The second-order valence-electron chi connectivity index (χ2n) is 12.0. The normalized spacial score (nSPS) is 14.4. The summed E-state index contributed by atoms with van der Waals surface area (Å²) in [6.45, 7) is 5.08. The summed E-state index contributed by atoms with van der Waals surface area (Å²) in [7, 11) is -1.95. The molecule has 194 valence electrons. The van der Waals surface area contributed by atoms with Crippen molar-refractivity contribution in [2.45, 2.75) is 13.1 Å². The number of hydrogen-bond acceptors (Lipinski definition) is 0. The molecule has 10 rings (SSSR count). The highest BCUT2D eigenvalue weighted by molar-refractivity contribution is 14.1. The highest BCUT2D eigenvalue weighted by Crippen LogP contribution is 2.47. The lowest BCUT2D eigenvalue weighted by Crippen LogP contribution is -2.49. The van der Waals surface area contributed by atoms with Gasteiger partial charge in [0.1, 0.15) is 8.07 Å². The van der Waals surface area contributed by atoms with Gasteiger partial charge >= 0.3 is 0 Å². The van der Waals surface area contributed by atoms with Crippen LogP contribution in [-0.2, 0) is 0 Å². The van der Waals surface area contributed by atoms with Gasteiger partial charge in [-0.3, -0.25) is 2.78 Å². The Hall–Kier alpha value is -4.07. The number of rotatable bonds is 1. The van der Waals surface area contributed by atoms with Gasteiger partial charge in [-0.1, -0.05) is 92.0 Å². The van der Waals surface area contributed by atoms with Crippen LogP contribution in [0.4, 0.5) is 0 Å². The first kappa shape index (κ1) is 22.6. The van der Waals surface area contributed by atoms with Crippen LogP contribution >= 0.6 is 22.9 Å². The molecule has 0 radical (unpaired) electrons. The van der Waals surface area contributed by atoms with E-state index in [-0.39, 0.29) is 0 Å². The molecule has 4 aromatic heterocycles. The summed E-state index contributed by atoms with van der Waals surface area (Å²) < 4.78 is 7.55. The number of aromatic nitrogens is 3. The molecular formula is C36H24IN3Si. The zero-order valence-corrected chi connectivity index (χ0v) is 25.8. The molecule has 0 N–H and O–H groups in total. The van der Waals surface area contributed by atoms with Crippen LogP contribution in [0.1, 0.15) is 0 Å². The van der Waals surface area contributed by atoms with Crippen molar-refractivity contribution in [3.05, 3.63) is 109 Å². The van der Waals surface area contributed by atoms with Crippen LogP contribution in [0.5, 0.6) is 0 Å². The van der Waals surface area contributed by atoms with Crippen LogP contribution in [0.3, 0.4) is 0 Å². The fraction of sp³-hybridized carbons (Fsp3) is 0.0556. The summed E-state index contributed by atoms with van der Waals surface area (Å²) in [5.74, 6) is 0. The third kappa shape index (κ3) is 2.49. The van der Waals surface area contributed by atoms with E-state index in [9.17, 15) is 0 Å². The van der Waals surface area contributed by atoms with Crippen LogP contribution in [0.25, 0.3) is 77.0 Å². The lowest BCUT2D eigenvalue weighted by molar-refractivity contribution is 1.18. The zero-order valence-electron chi connectivity index (χ0n) is 22.6. The van der Waals surface area contributed by atoms with Crippen molar-refractivity contribution < 1.29 is 0 Å². The van der Waals surface area contributed by atoms with E-state index < -0.39 is 8.07 Å². The minimum Gasteiger partial charge on any atom is -0.307 e. The summed E-state index contributed by atoms with van der Waals surface area (Å²) in [4.78, 5) is 0. The van der Waals surface area contributed by atoms with Crippen molar-refractivity contribution in [3.63, 3.8) is 0 Å². The fourth-order valence-corrected chi connectivity index (χ4v) is 12.3. The molecule has 1 aliphatic heterocycles. The quantitative estimate of drug-likeness (QED) is 0.124. The molecule has 0 fully saturated rings. The smallest absolute Gasteiger partial charge is 0.116 e. The Morgan fingerprint density at radius 2 is 1.27 bits per heavy atom. The van der Waals surface area contributed by atoms with Gasteiger partial charge < -0.3 is 8.97 Å². The van der Waals surface area contributed by atoms with Crippen molar-refractivity contribution in [2.24, 2.45) is 0 Å². The van der Waals surface area contributed by atoms with Gasteiger partial charge in [0, 0.05) is 32.6 Å². The second kappa shape index (κ2) is 7.41. The minimum atomic E-state index is -1.95. The first-order valence-electron chi connectivity index (χ1n) is 14.2. The van der Waals surface area contributed by atoms with Crippen molar-refractivity contribution in [1.29, 1.82) is 0 Å². The molecule has 0 aliphatic carbocycles. The van der Waals surface area contributed by atoms with Gasteiger partial charge in [-0.2, -0.15) is 0 Å². The molecule has 0 amide bonds. The number of hydrogen-bond donors (Lipinski definition) is 0. The summed E-state index contributed by atoms with van der Waals surface area (Å²) in [6, 6.07) is 40.7. The first-order valence-corrected chi connectivity index (χ1v) is 18.1. The highest BCUT2D eigenvalue weighted by Gasteiger charge is 2.42. The zero-order chi connectivity index (χ0) is 27.2. The summed E-state index contributed by atoms with van der Waals surface area (Å²) in [5.41, 5.74) is 11.7. The van der Waals surface area contributed by atoms with Crippen molar-refractivity contribution in [1.82, 2.24) is 11.7 Å². The lowest BCUT2D eigenvalue weighted by Gasteiger charge is -2.18. The predicted molar refractivity (Wildman–Crippen MR) is 185 cm³/mol. The van der Waals surface area contributed by atoms with Crippen LogP contribution in [-0.4, -0.2) is 19.8 Å². The van der Waals surface area contributed by atoms with Crippen LogP contribution < -0.4 is 10.4 Å². The Labute approximate surface area is 251 Å². The van der Waals surface area contributed by atoms with Gasteiger partial charge in [-0.15, -0.1) is 0 Å². The third-order valence-corrected chi connectivity index (χ3v) is 14.2. The van der Waals surface area contributed by atoms with E-state index in [2.05, 4.69) is 157 Å². The monoisotopic (exact) mass is 653 g/mol. The van der Waals surface area contributed by atoms with Crippen molar-refractivity contribution >= 4 is 101 Å². The maximum absolute atomic E-state index is 2.68. The molecule has 5 aromatic carbocycles. The number of fused-ring (bicyclic) bond motifs is 10. The molecule has 0 saturated heterocycles. The fourth-order valence-electron chi connectivity index (χ4n) is 8.09. The molecule has 5 heteroatoms. The van der Waals surface area contributed by atoms with E-state index >= 15 is 0 Å². The Morgan fingerprint density at radius 1 is 0.561 bits per heavy atom. The molecule has 9 aromatic rings. The lowest BCUT2D eigenvalue weighted by atomic mass is 10.1. The number of halogens is 1. The van der Waals surface area contributed by atoms with Crippen LogP contribution in [0.15, 0.2) is 109 Å². The predicted octanol–water partition coefficient (Wildman–Crippen LogP) is 8.74. The van der Waals surface area contributed by atoms with E-state index in [4.69, 9.17) is 0 Å². The Morgan fingerprint density at radius 3 is 2.15 bits per heavy atom. The largest absolute Gasteiger partial charge is 0.307 e. The summed E-state index contributed by atoms with van der Waals surface area (Å²) >= 11 is 2.51. The molecule has 0 bridgehead atoms. The Kier molecular flexibility index (Phi) is 4.08. The van der Waals surface area contributed by atoms with Gasteiger partial charge in [-0.05, 0) is 46.3 Å². The average Bonchev–Trinajstić information content (AvgIpc) is 3.66. The molecule has 3 nitrogen and oxygen atoms in total. The maximum atomic E-state index is 2.68. The Bertz CT molecular complexity index is 2560. The van der Waals surface area contributed by atoms with Crippen LogP contribution in [0.2, 0.25) is 13.1 Å². The summed E-state index contributed by atoms with van der Waals surface area (Å²) in [6.07, 6.45) is 0. The molecule has 0 atom stereocenters. The molecule has 5 heterocycles.